The van der Waals surface area contributed by atoms with Gasteiger partial charge in [-0.25, -0.2) is 8.42 Å². The Morgan fingerprint density at radius 2 is 1.60 bits per heavy atom. The number of rotatable bonds is 4. The molecule has 0 radical (unpaired) electrons. The standard InChI is InChI=1S/C19H21NO4S/c1-25(22,23)16-11-13-20(14-12-16)19(21)17-9-5-6-10-18(17)24-15-7-3-2-4-8-15/h2-10,16H,11-14H2,1H3. The fourth-order valence-electron chi connectivity index (χ4n) is 3.01. The number of piperidine rings is 1. The highest BCUT2D eigenvalue weighted by atomic mass is 32.2. The summed E-state index contributed by atoms with van der Waals surface area (Å²) in [7, 11) is -3.05. The van der Waals surface area contributed by atoms with Crippen LogP contribution in [0.15, 0.2) is 54.6 Å². The van der Waals surface area contributed by atoms with Gasteiger partial charge in [0.05, 0.1) is 10.8 Å². The molecule has 1 amide bonds. The summed E-state index contributed by atoms with van der Waals surface area (Å²) in [5.41, 5.74) is 0.490. The zero-order chi connectivity index (χ0) is 17.9. The van der Waals surface area contributed by atoms with Gasteiger partial charge < -0.3 is 9.64 Å². The highest BCUT2D eigenvalue weighted by molar-refractivity contribution is 7.91. The second-order valence-electron chi connectivity index (χ2n) is 6.23. The van der Waals surface area contributed by atoms with Crippen molar-refractivity contribution in [1.82, 2.24) is 4.90 Å². The number of hydrogen-bond donors (Lipinski definition) is 0. The first-order chi connectivity index (χ1) is 11.9. The van der Waals surface area contributed by atoms with E-state index in [1.54, 1.807) is 23.1 Å². The molecular weight excluding hydrogens is 338 g/mol. The molecule has 3 rings (SSSR count). The highest BCUT2D eigenvalue weighted by Crippen LogP contribution is 2.27. The number of carbonyl (C=O) groups is 1. The summed E-state index contributed by atoms with van der Waals surface area (Å²) in [6.45, 7) is 0.881. The molecule has 0 bridgehead atoms. The van der Waals surface area contributed by atoms with Gasteiger partial charge in [0.25, 0.3) is 5.91 Å². The second-order valence-corrected chi connectivity index (χ2v) is 8.56. The molecule has 0 unspecified atom stereocenters. The minimum absolute atomic E-state index is 0.126. The fraction of sp³-hybridized carbons (Fsp3) is 0.316. The molecule has 1 aliphatic heterocycles. The molecule has 6 heteroatoms. The number of amides is 1. The maximum absolute atomic E-state index is 12.9. The Balaban J connectivity index is 1.75. The molecule has 0 aliphatic carbocycles. The molecule has 1 heterocycles. The summed E-state index contributed by atoms with van der Waals surface area (Å²) in [6.07, 6.45) is 2.22. The Hall–Kier alpha value is -2.34. The van der Waals surface area contributed by atoms with Gasteiger partial charge in [0.1, 0.15) is 21.3 Å². The average molecular weight is 359 g/mol. The number of sulfone groups is 1. The van der Waals surface area contributed by atoms with Gasteiger partial charge in [-0.1, -0.05) is 30.3 Å². The molecule has 2 aromatic carbocycles. The van der Waals surface area contributed by atoms with E-state index >= 15 is 0 Å². The smallest absolute Gasteiger partial charge is 0.257 e. The topological polar surface area (TPSA) is 63.7 Å². The van der Waals surface area contributed by atoms with Gasteiger partial charge in [-0.15, -0.1) is 0 Å². The maximum atomic E-state index is 12.9. The molecule has 0 N–H and O–H groups in total. The number of hydrogen-bond acceptors (Lipinski definition) is 4. The van der Waals surface area contributed by atoms with E-state index in [0.717, 1.165) is 0 Å². The van der Waals surface area contributed by atoms with Gasteiger partial charge in [-0.2, -0.15) is 0 Å². The van der Waals surface area contributed by atoms with E-state index in [2.05, 4.69) is 0 Å². The second kappa shape index (κ2) is 7.27. The third-order valence-corrected chi connectivity index (χ3v) is 6.11. The summed E-state index contributed by atoms with van der Waals surface area (Å²) in [6, 6.07) is 16.4. The molecule has 0 atom stereocenters. The van der Waals surface area contributed by atoms with E-state index < -0.39 is 9.84 Å². The van der Waals surface area contributed by atoms with Crippen molar-refractivity contribution in [3.05, 3.63) is 60.2 Å². The lowest BCUT2D eigenvalue weighted by atomic mass is 10.1. The van der Waals surface area contributed by atoms with E-state index in [-0.39, 0.29) is 11.2 Å². The summed E-state index contributed by atoms with van der Waals surface area (Å²) in [4.78, 5) is 14.6. The van der Waals surface area contributed by atoms with E-state index in [1.165, 1.54) is 6.26 Å². The predicted molar refractivity (Wildman–Crippen MR) is 96.7 cm³/mol. The molecule has 1 fully saturated rings. The molecule has 25 heavy (non-hydrogen) atoms. The van der Waals surface area contributed by atoms with Gasteiger partial charge in [0.15, 0.2) is 0 Å². The maximum Gasteiger partial charge on any atom is 0.257 e. The van der Waals surface area contributed by atoms with E-state index in [0.29, 0.717) is 43.0 Å². The van der Waals surface area contributed by atoms with Crippen molar-refractivity contribution < 1.29 is 17.9 Å². The zero-order valence-corrected chi connectivity index (χ0v) is 14.9. The van der Waals surface area contributed by atoms with Crippen LogP contribution in [0.1, 0.15) is 23.2 Å². The molecule has 1 aliphatic rings. The normalized spacial score (nSPS) is 15.8. The van der Waals surface area contributed by atoms with Crippen LogP contribution in [0, 0.1) is 0 Å². The Morgan fingerprint density at radius 3 is 2.24 bits per heavy atom. The van der Waals surface area contributed by atoms with Gasteiger partial charge in [-0.3, -0.25) is 4.79 Å². The summed E-state index contributed by atoms with van der Waals surface area (Å²) in [5, 5.41) is -0.354. The molecule has 132 valence electrons. The van der Waals surface area contributed by atoms with Crippen LogP contribution in [0.3, 0.4) is 0 Å². The van der Waals surface area contributed by atoms with Gasteiger partial charge in [-0.05, 0) is 37.1 Å². The van der Waals surface area contributed by atoms with Crippen LogP contribution < -0.4 is 4.74 Å². The van der Waals surface area contributed by atoms with Gasteiger partial charge >= 0.3 is 0 Å². The van der Waals surface area contributed by atoms with Crippen molar-refractivity contribution in [3.63, 3.8) is 0 Å². The molecule has 2 aromatic rings. The third-order valence-electron chi connectivity index (χ3n) is 4.42. The highest BCUT2D eigenvalue weighted by Gasteiger charge is 2.30. The first-order valence-corrected chi connectivity index (χ1v) is 10.2. The molecular formula is C19H21NO4S. The average Bonchev–Trinajstić information content (AvgIpc) is 2.62. The van der Waals surface area contributed by atoms with Crippen molar-refractivity contribution in [1.29, 1.82) is 0 Å². The molecule has 0 spiro atoms. The van der Waals surface area contributed by atoms with Crippen LogP contribution in [0.4, 0.5) is 0 Å². The minimum Gasteiger partial charge on any atom is -0.457 e. The van der Waals surface area contributed by atoms with Crippen LogP contribution in [-0.4, -0.2) is 43.8 Å². The van der Waals surface area contributed by atoms with Crippen molar-refractivity contribution in [2.45, 2.75) is 18.1 Å². The summed E-state index contributed by atoms with van der Waals surface area (Å²) in [5.74, 6) is 1.04. The van der Waals surface area contributed by atoms with E-state index in [4.69, 9.17) is 4.74 Å². The molecule has 0 aromatic heterocycles. The number of carbonyl (C=O) groups excluding carboxylic acids is 1. The van der Waals surface area contributed by atoms with Crippen molar-refractivity contribution in [2.24, 2.45) is 0 Å². The van der Waals surface area contributed by atoms with Gasteiger partial charge in [0.2, 0.25) is 0 Å². The lowest BCUT2D eigenvalue weighted by Crippen LogP contribution is -2.42. The number of nitrogens with zero attached hydrogens (tertiary/aromatic N) is 1. The van der Waals surface area contributed by atoms with Crippen molar-refractivity contribution in [2.75, 3.05) is 19.3 Å². The SMILES string of the molecule is CS(=O)(=O)C1CCN(C(=O)c2ccccc2Oc2ccccc2)CC1. The monoisotopic (exact) mass is 359 g/mol. The van der Waals surface area contributed by atoms with Gasteiger partial charge in [0, 0.05) is 19.3 Å². The van der Waals surface area contributed by atoms with Crippen LogP contribution in [0.25, 0.3) is 0 Å². The summed E-state index contributed by atoms with van der Waals surface area (Å²) < 4.78 is 29.2. The van der Waals surface area contributed by atoms with E-state index in [9.17, 15) is 13.2 Å². The van der Waals surface area contributed by atoms with Crippen LogP contribution >= 0.6 is 0 Å². The number of ether oxygens (including phenoxy) is 1. The number of para-hydroxylation sites is 2. The first-order valence-electron chi connectivity index (χ1n) is 8.25. The molecule has 5 nitrogen and oxygen atoms in total. The fourth-order valence-corrected chi connectivity index (χ4v) is 4.07. The minimum atomic E-state index is -3.05. The lowest BCUT2D eigenvalue weighted by Gasteiger charge is -2.31. The third kappa shape index (κ3) is 4.20. The first kappa shape index (κ1) is 17.5. The molecule has 0 saturated carbocycles. The van der Waals surface area contributed by atoms with Crippen molar-refractivity contribution >= 4 is 15.7 Å². The summed E-state index contributed by atoms with van der Waals surface area (Å²) >= 11 is 0. The van der Waals surface area contributed by atoms with Crippen LogP contribution in [0.2, 0.25) is 0 Å². The molecule has 1 saturated heterocycles. The number of benzene rings is 2. The van der Waals surface area contributed by atoms with Crippen LogP contribution in [0.5, 0.6) is 11.5 Å². The Morgan fingerprint density at radius 1 is 1.00 bits per heavy atom. The zero-order valence-electron chi connectivity index (χ0n) is 14.1. The predicted octanol–water partition coefficient (Wildman–Crippen LogP) is 3.13. The quantitative estimate of drug-likeness (QED) is 0.841. The largest absolute Gasteiger partial charge is 0.457 e. The Kier molecular flexibility index (Phi) is 5.08. The lowest BCUT2D eigenvalue weighted by molar-refractivity contribution is 0.0723. The Labute approximate surface area is 148 Å². The van der Waals surface area contributed by atoms with Crippen LogP contribution in [-0.2, 0) is 9.84 Å². The Bertz CT molecular complexity index is 841. The van der Waals surface area contributed by atoms with E-state index in [1.807, 2.05) is 36.4 Å². The number of likely N-dealkylation sites (tertiary alicyclic amines) is 1. The van der Waals surface area contributed by atoms with Crippen molar-refractivity contribution in [3.8, 4) is 11.5 Å².